The first-order valence-electron chi connectivity index (χ1n) is 6.29. The maximum atomic E-state index is 9.60. The number of halogens is 1. The monoisotopic (exact) mass is 317 g/mol. The number of nitrogens with one attached hydrogen (secondary N) is 1. The molecule has 1 aromatic rings. The highest BCUT2D eigenvalue weighted by atomic mass is 79.9. The summed E-state index contributed by atoms with van der Waals surface area (Å²) in [5, 5.41) is 15.3. The molecule has 0 unspecified atom stereocenters. The van der Waals surface area contributed by atoms with Gasteiger partial charge in [-0.05, 0) is 45.8 Å². The van der Waals surface area contributed by atoms with Gasteiger partial charge in [0.15, 0.2) is 0 Å². The van der Waals surface area contributed by atoms with Gasteiger partial charge >= 0.3 is 0 Å². The van der Waals surface area contributed by atoms with Crippen molar-refractivity contribution in [2.45, 2.75) is 38.6 Å². The lowest BCUT2D eigenvalue weighted by atomic mass is 9.74. The van der Waals surface area contributed by atoms with Crippen molar-refractivity contribution in [3.63, 3.8) is 0 Å². The fraction of sp³-hybridized carbons (Fsp3) is 0.692. The van der Waals surface area contributed by atoms with E-state index in [1.54, 1.807) is 11.3 Å². The molecule has 0 bridgehead atoms. The summed E-state index contributed by atoms with van der Waals surface area (Å²) >= 11 is 5.20. The van der Waals surface area contributed by atoms with Crippen molar-refractivity contribution in [1.29, 1.82) is 0 Å². The first-order chi connectivity index (χ1) is 8.24. The Labute approximate surface area is 116 Å². The topological polar surface area (TPSA) is 32.3 Å². The lowest BCUT2D eigenvalue weighted by molar-refractivity contribution is 0.0811. The van der Waals surface area contributed by atoms with Crippen LogP contribution >= 0.6 is 27.3 Å². The second-order valence-corrected chi connectivity index (χ2v) is 7.37. The molecule has 0 radical (unpaired) electrons. The number of aliphatic hydroxyl groups excluding tert-OH is 1. The zero-order valence-corrected chi connectivity index (χ0v) is 12.4. The Balaban J connectivity index is 1.79. The summed E-state index contributed by atoms with van der Waals surface area (Å²) in [5.41, 5.74) is 1.47. The van der Waals surface area contributed by atoms with Gasteiger partial charge in [0.05, 0.1) is 3.79 Å². The predicted molar refractivity (Wildman–Crippen MR) is 76.3 cm³/mol. The third kappa shape index (κ3) is 3.78. The van der Waals surface area contributed by atoms with Crippen LogP contribution < -0.4 is 5.32 Å². The van der Waals surface area contributed by atoms with Crippen LogP contribution in [0.1, 0.15) is 37.7 Å². The van der Waals surface area contributed by atoms with Crippen LogP contribution in [-0.2, 0) is 6.54 Å². The van der Waals surface area contributed by atoms with Crippen molar-refractivity contribution in [1.82, 2.24) is 5.32 Å². The van der Waals surface area contributed by atoms with Crippen molar-refractivity contribution in [2.75, 3.05) is 13.2 Å². The van der Waals surface area contributed by atoms with Crippen molar-refractivity contribution < 1.29 is 5.11 Å². The number of thiophene rings is 1. The molecule has 1 fully saturated rings. The van der Waals surface area contributed by atoms with Gasteiger partial charge in [-0.2, -0.15) is 0 Å². The van der Waals surface area contributed by atoms with Crippen LogP contribution in [0.2, 0.25) is 0 Å². The first kappa shape index (κ1) is 13.5. The van der Waals surface area contributed by atoms with Gasteiger partial charge in [-0.15, -0.1) is 11.3 Å². The average molecular weight is 318 g/mol. The molecule has 1 aliphatic rings. The summed E-state index contributed by atoms with van der Waals surface area (Å²) < 4.78 is 1.18. The molecule has 1 aromatic heterocycles. The average Bonchev–Trinajstić information content (AvgIpc) is 2.76. The zero-order chi connectivity index (χ0) is 12.1. The van der Waals surface area contributed by atoms with Crippen molar-refractivity contribution in [2.24, 2.45) is 5.41 Å². The Hall–Kier alpha value is 0.100. The van der Waals surface area contributed by atoms with E-state index in [9.17, 15) is 5.11 Å². The molecule has 0 spiro atoms. The minimum atomic E-state index is 0.144. The van der Waals surface area contributed by atoms with Gasteiger partial charge < -0.3 is 10.4 Å². The molecule has 1 saturated carbocycles. The van der Waals surface area contributed by atoms with Gasteiger partial charge in [-0.25, -0.2) is 0 Å². The normalized spacial score (nSPS) is 19.4. The smallest absolute Gasteiger partial charge is 0.0701 e. The van der Waals surface area contributed by atoms with Crippen LogP contribution in [0.15, 0.2) is 15.2 Å². The Morgan fingerprint density at radius 1 is 1.35 bits per heavy atom. The second kappa shape index (κ2) is 6.32. The van der Waals surface area contributed by atoms with E-state index in [1.807, 2.05) is 0 Å². The lowest BCUT2D eigenvalue weighted by Crippen LogP contribution is -2.38. The molecule has 0 saturated heterocycles. The molecule has 2 nitrogen and oxygen atoms in total. The van der Waals surface area contributed by atoms with E-state index in [0.29, 0.717) is 6.61 Å². The standard InChI is InChI=1S/C13H20BrNOS/c14-12-6-11(8-17-12)7-15-9-13(10-16)4-2-1-3-5-13/h6,8,15-16H,1-5,7,9-10H2. The molecule has 2 rings (SSSR count). The van der Waals surface area contributed by atoms with Crippen molar-refractivity contribution >= 4 is 27.3 Å². The molecule has 0 amide bonds. The molecule has 0 aliphatic heterocycles. The molecular formula is C13H20BrNOS. The molecular weight excluding hydrogens is 298 g/mol. The summed E-state index contributed by atoms with van der Waals surface area (Å²) in [6.45, 7) is 2.17. The molecule has 2 N–H and O–H groups in total. The van der Waals surface area contributed by atoms with Crippen LogP contribution in [0.5, 0.6) is 0 Å². The summed E-state index contributed by atoms with van der Waals surface area (Å²) in [4.78, 5) is 0. The minimum Gasteiger partial charge on any atom is -0.396 e. The van der Waals surface area contributed by atoms with Crippen LogP contribution in [-0.4, -0.2) is 18.3 Å². The fourth-order valence-electron chi connectivity index (χ4n) is 2.60. The van der Waals surface area contributed by atoms with Gasteiger partial charge in [-0.1, -0.05) is 19.3 Å². The van der Waals surface area contributed by atoms with Crippen molar-refractivity contribution in [3.05, 3.63) is 20.8 Å². The Morgan fingerprint density at radius 3 is 2.71 bits per heavy atom. The highest BCUT2D eigenvalue weighted by Crippen LogP contribution is 2.35. The number of hydrogen-bond donors (Lipinski definition) is 2. The predicted octanol–water partition coefficient (Wildman–Crippen LogP) is 3.54. The zero-order valence-electron chi connectivity index (χ0n) is 10.0. The fourth-order valence-corrected chi connectivity index (χ4v) is 3.81. The summed E-state index contributed by atoms with van der Waals surface area (Å²) in [6.07, 6.45) is 6.21. The van der Waals surface area contributed by atoms with Gasteiger partial charge in [-0.3, -0.25) is 0 Å². The number of aliphatic hydroxyl groups is 1. The van der Waals surface area contributed by atoms with Crippen LogP contribution in [0.3, 0.4) is 0 Å². The Morgan fingerprint density at radius 2 is 2.12 bits per heavy atom. The molecule has 1 aliphatic carbocycles. The van der Waals surface area contributed by atoms with Crippen LogP contribution in [0.25, 0.3) is 0 Å². The van der Waals surface area contributed by atoms with E-state index in [4.69, 9.17) is 0 Å². The quantitative estimate of drug-likeness (QED) is 0.870. The molecule has 1 heterocycles. The van der Waals surface area contributed by atoms with Gasteiger partial charge in [0, 0.05) is 25.1 Å². The van der Waals surface area contributed by atoms with Gasteiger partial charge in [0.2, 0.25) is 0 Å². The molecule has 0 atom stereocenters. The first-order valence-corrected chi connectivity index (χ1v) is 7.96. The number of hydrogen-bond acceptors (Lipinski definition) is 3. The molecule has 96 valence electrons. The third-order valence-corrected chi connectivity index (χ3v) is 5.25. The summed E-state index contributed by atoms with van der Waals surface area (Å²) in [6, 6.07) is 2.16. The van der Waals surface area contributed by atoms with E-state index in [-0.39, 0.29) is 5.41 Å². The molecule has 17 heavy (non-hydrogen) atoms. The summed E-state index contributed by atoms with van der Waals surface area (Å²) in [7, 11) is 0. The highest BCUT2D eigenvalue weighted by molar-refractivity contribution is 9.11. The maximum Gasteiger partial charge on any atom is 0.0701 e. The van der Waals surface area contributed by atoms with E-state index >= 15 is 0 Å². The molecule has 0 aromatic carbocycles. The maximum absolute atomic E-state index is 9.60. The minimum absolute atomic E-state index is 0.144. The van der Waals surface area contributed by atoms with E-state index in [2.05, 4.69) is 32.7 Å². The van der Waals surface area contributed by atoms with E-state index < -0.39 is 0 Å². The number of rotatable bonds is 5. The Bertz CT molecular complexity index is 347. The summed E-state index contributed by atoms with van der Waals surface area (Å²) in [5.74, 6) is 0. The van der Waals surface area contributed by atoms with Crippen LogP contribution in [0, 0.1) is 5.41 Å². The van der Waals surface area contributed by atoms with Gasteiger partial charge in [0.1, 0.15) is 0 Å². The SMILES string of the molecule is OCC1(CNCc2csc(Br)c2)CCCCC1. The van der Waals surface area contributed by atoms with E-state index in [1.165, 1.54) is 41.5 Å². The highest BCUT2D eigenvalue weighted by Gasteiger charge is 2.30. The van der Waals surface area contributed by atoms with E-state index in [0.717, 1.165) is 13.1 Å². The van der Waals surface area contributed by atoms with Gasteiger partial charge in [0.25, 0.3) is 0 Å². The van der Waals surface area contributed by atoms with Crippen LogP contribution in [0.4, 0.5) is 0 Å². The second-order valence-electron chi connectivity index (χ2n) is 5.08. The largest absolute Gasteiger partial charge is 0.396 e. The third-order valence-electron chi connectivity index (χ3n) is 3.70. The van der Waals surface area contributed by atoms with Crippen molar-refractivity contribution in [3.8, 4) is 0 Å². The molecule has 4 heteroatoms. The Kier molecular flexibility index (Phi) is 5.03. The lowest BCUT2D eigenvalue weighted by Gasteiger charge is -2.35.